The molecule has 38 heavy (non-hydrogen) atoms. The maximum absolute atomic E-state index is 15.6. The van der Waals surface area contributed by atoms with E-state index in [9.17, 15) is 9.90 Å². The lowest BCUT2D eigenvalue weighted by Gasteiger charge is -2.44. The van der Waals surface area contributed by atoms with Crippen LogP contribution in [0.1, 0.15) is 62.5 Å². The summed E-state index contributed by atoms with van der Waals surface area (Å²) in [6.07, 6.45) is 5.97. The average Bonchev–Trinajstić information content (AvgIpc) is 3.36. The Bertz CT molecular complexity index is 1110. The molecule has 1 heterocycles. The smallest absolute Gasteiger partial charge is 0.225 e. The zero-order valence-electron chi connectivity index (χ0n) is 23.0. The number of hydrogen-bond acceptors (Lipinski definition) is 5. The van der Waals surface area contributed by atoms with Gasteiger partial charge in [-0.1, -0.05) is 18.2 Å². The summed E-state index contributed by atoms with van der Waals surface area (Å²) in [4.78, 5) is 15.3. The fraction of sp³-hybridized carbons (Fsp3) is 0.581. The maximum atomic E-state index is 15.6. The van der Waals surface area contributed by atoms with Crippen LogP contribution in [0.2, 0.25) is 0 Å². The number of unbranched alkanes of at least 4 members (excludes halogenated alkanes) is 1. The van der Waals surface area contributed by atoms with Crippen molar-refractivity contribution in [2.24, 2.45) is 17.6 Å². The summed E-state index contributed by atoms with van der Waals surface area (Å²) < 4.78 is 26.4. The number of halogens is 1. The molecular weight excluding hydrogens is 483 g/mol. The fourth-order valence-corrected chi connectivity index (χ4v) is 6.45. The molecule has 0 bridgehead atoms. The SMILES string of the molecule is COCCCCC(O)(c1cccc(F)c1-c1cc(C)cc(OC)c1)C1CCCN(C(=O)C2CCC(N)C2)C1. The van der Waals surface area contributed by atoms with Crippen LogP contribution in [0.5, 0.6) is 5.75 Å². The molecule has 2 aromatic rings. The Morgan fingerprint density at radius 1 is 1.18 bits per heavy atom. The Balaban J connectivity index is 1.72. The molecule has 1 saturated carbocycles. The predicted molar refractivity (Wildman–Crippen MR) is 147 cm³/mol. The number of ether oxygens (including phenoxy) is 2. The number of hydrogen-bond donors (Lipinski definition) is 2. The minimum absolute atomic E-state index is 0.0389. The molecule has 0 spiro atoms. The summed E-state index contributed by atoms with van der Waals surface area (Å²) in [5.74, 6) is 0.150. The Kier molecular flexibility index (Phi) is 9.45. The van der Waals surface area contributed by atoms with Gasteiger partial charge in [-0.3, -0.25) is 4.79 Å². The number of benzene rings is 2. The maximum Gasteiger partial charge on any atom is 0.225 e. The minimum Gasteiger partial charge on any atom is -0.497 e. The van der Waals surface area contributed by atoms with Crippen molar-refractivity contribution in [1.29, 1.82) is 0 Å². The molecule has 0 radical (unpaired) electrons. The molecule has 4 atom stereocenters. The average molecular weight is 527 g/mol. The second-order valence-electron chi connectivity index (χ2n) is 11.2. The van der Waals surface area contributed by atoms with Gasteiger partial charge in [-0.15, -0.1) is 0 Å². The van der Waals surface area contributed by atoms with E-state index in [0.29, 0.717) is 48.6 Å². The van der Waals surface area contributed by atoms with Crippen molar-refractivity contribution in [2.75, 3.05) is 33.9 Å². The van der Waals surface area contributed by atoms with E-state index >= 15 is 4.39 Å². The molecule has 0 aromatic heterocycles. The van der Waals surface area contributed by atoms with E-state index in [-0.39, 0.29) is 29.6 Å². The molecule has 208 valence electrons. The molecule has 1 aliphatic carbocycles. The molecule has 2 fully saturated rings. The number of piperidine rings is 1. The topological polar surface area (TPSA) is 85.0 Å². The zero-order valence-corrected chi connectivity index (χ0v) is 23.0. The lowest BCUT2D eigenvalue weighted by Crippen LogP contribution is -2.49. The number of aliphatic hydroxyl groups is 1. The summed E-state index contributed by atoms with van der Waals surface area (Å²) in [5, 5.41) is 12.6. The molecule has 1 saturated heterocycles. The zero-order chi connectivity index (χ0) is 27.3. The monoisotopic (exact) mass is 526 g/mol. The van der Waals surface area contributed by atoms with E-state index in [2.05, 4.69) is 0 Å². The number of aryl methyl sites for hydroxylation is 1. The van der Waals surface area contributed by atoms with Crippen molar-refractivity contribution in [3.05, 3.63) is 53.3 Å². The summed E-state index contributed by atoms with van der Waals surface area (Å²) >= 11 is 0. The minimum atomic E-state index is -1.31. The first-order chi connectivity index (χ1) is 18.3. The number of methoxy groups -OCH3 is 2. The number of amides is 1. The third kappa shape index (κ3) is 6.22. The first-order valence-electron chi connectivity index (χ1n) is 14.0. The highest BCUT2D eigenvalue weighted by Gasteiger charge is 2.44. The van der Waals surface area contributed by atoms with Crippen molar-refractivity contribution in [3.63, 3.8) is 0 Å². The lowest BCUT2D eigenvalue weighted by atomic mass is 9.71. The first-order valence-corrected chi connectivity index (χ1v) is 14.0. The van der Waals surface area contributed by atoms with Crippen LogP contribution < -0.4 is 10.5 Å². The van der Waals surface area contributed by atoms with Crippen LogP contribution in [0.4, 0.5) is 4.39 Å². The third-order valence-corrected chi connectivity index (χ3v) is 8.44. The predicted octanol–water partition coefficient (Wildman–Crippen LogP) is 5.18. The van der Waals surface area contributed by atoms with Crippen LogP contribution in [0.3, 0.4) is 0 Å². The standard InChI is InChI=1S/C31H43FN2O4/c1-21-16-23(19-26(17-21)38-3)29-27(9-6-10-28(29)32)31(36,13-4-5-15-37-2)24-8-7-14-34(20-24)30(35)22-11-12-25(33)18-22/h6,9-10,16-17,19,22,24-25,36H,4-5,7-8,11-15,18,20,33H2,1-3H3. The highest BCUT2D eigenvalue weighted by Crippen LogP contribution is 2.45. The largest absolute Gasteiger partial charge is 0.497 e. The molecule has 4 unspecified atom stereocenters. The van der Waals surface area contributed by atoms with E-state index in [0.717, 1.165) is 50.5 Å². The van der Waals surface area contributed by atoms with Gasteiger partial charge in [-0.05, 0) is 93.2 Å². The number of nitrogens with zero attached hydrogens (tertiary/aromatic N) is 1. The Morgan fingerprint density at radius 2 is 2.00 bits per heavy atom. The van der Waals surface area contributed by atoms with Crippen LogP contribution in [-0.4, -0.2) is 55.9 Å². The second-order valence-corrected chi connectivity index (χ2v) is 11.2. The summed E-state index contributed by atoms with van der Waals surface area (Å²) in [7, 11) is 3.26. The van der Waals surface area contributed by atoms with Crippen molar-refractivity contribution < 1.29 is 23.8 Å². The number of nitrogens with two attached hydrogens (primary N) is 1. The third-order valence-electron chi connectivity index (χ3n) is 8.44. The molecular formula is C31H43FN2O4. The van der Waals surface area contributed by atoms with E-state index in [1.807, 2.05) is 36.1 Å². The molecule has 1 aliphatic heterocycles. The second kappa shape index (κ2) is 12.6. The highest BCUT2D eigenvalue weighted by molar-refractivity contribution is 5.79. The van der Waals surface area contributed by atoms with Gasteiger partial charge in [0.05, 0.1) is 12.7 Å². The molecule has 4 rings (SSSR count). The molecule has 2 aromatic carbocycles. The van der Waals surface area contributed by atoms with Gasteiger partial charge in [0.2, 0.25) is 5.91 Å². The number of rotatable bonds is 10. The Hall–Kier alpha value is -2.48. The Morgan fingerprint density at radius 3 is 2.71 bits per heavy atom. The Labute approximate surface area is 226 Å². The van der Waals surface area contributed by atoms with Gasteiger partial charge in [0.25, 0.3) is 0 Å². The van der Waals surface area contributed by atoms with E-state index < -0.39 is 5.60 Å². The lowest BCUT2D eigenvalue weighted by molar-refractivity contribution is -0.140. The summed E-state index contributed by atoms with van der Waals surface area (Å²) in [6, 6.07) is 10.7. The summed E-state index contributed by atoms with van der Waals surface area (Å²) in [6.45, 7) is 3.69. The van der Waals surface area contributed by atoms with Crippen LogP contribution in [0.15, 0.2) is 36.4 Å². The first kappa shape index (κ1) is 28.5. The molecule has 7 heteroatoms. The molecule has 3 N–H and O–H groups in total. The van der Waals surface area contributed by atoms with Crippen LogP contribution in [0.25, 0.3) is 11.1 Å². The van der Waals surface area contributed by atoms with Gasteiger partial charge < -0.3 is 25.2 Å². The van der Waals surface area contributed by atoms with Gasteiger partial charge in [0, 0.05) is 50.2 Å². The van der Waals surface area contributed by atoms with Gasteiger partial charge in [-0.2, -0.15) is 0 Å². The highest BCUT2D eigenvalue weighted by atomic mass is 19.1. The van der Waals surface area contributed by atoms with E-state index in [4.69, 9.17) is 15.2 Å². The van der Waals surface area contributed by atoms with Gasteiger partial charge in [-0.25, -0.2) is 4.39 Å². The van der Waals surface area contributed by atoms with Crippen molar-refractivity contribution in [3.8, 4) is 16.9 Å². The number of likely N-dealkylation sites (tertiary alicyclic amines) is 1. The summed E-state index contributed by atoms with van der Waals surface area (Å²) in [5.41, 5.74) is 7.38. The van der Waals surface area contributed by atoms with Gasteiger partial charge in [0.1, 0.15) is 11.6 Å². The van der Waals surface area contributed by atoms with Crippen LogP contribution >= 0.6 is 0 Å². The van der Waals surface area contributed by atoms with Crippen LogP contribution in [-0.2, 0) is 15.1 Å². The van der Waals surface area contributed by atoms with Gasteiger partial charge in [0.15, 0.2) is 0 Å². The van der Waals surface area contributed by atoms with E-state index in [1.54, 1.807) is 20.3 Å². The normalized spacial score (nSPS) is 23.3. The van der Waals surface area contributed by atoms with E-state index in [1.165, 1.54) is 6.07 Å². The molecule has 6 nitrogen and oxygen atoms in total. The number of carbonyl (C=O) groups is 1. The van der Waals surface area contributed by atoms with Crippen LogP contribution in [0, 0.1) is 24.6 Å². The van der Waals surface area contributed by atoms with Crippen molar-refractivity contribution in [2.45, 2.75) is 69.9 Å². The molecule has 1 amide bonds. The van der Waals surface area contributed by atoms with Crippen molar-refractivity contribution >= 4 is 5.91 Å². The van der Waals surface area contributed by atoms with Crippen molar-refractivity contribution in [1.82, 2.24) is 4.90 Å². The quantitative estimate of drug-likeness (QED) is 0.417. The molecule has 2 aliphatic rings. The number of carbonyl (C=O) groups excluding carboxylic acids is 1. The van der Waals surface area contributed by atoms with Gasteiger partial charge >= 0.3 is 0 Å². The fourth-order valence-electron chi connectivity index (χ4n) is 6.45.